The molecule has 1 radical (unpaired) electrons. The van der Waals surface area contributed by atoms with E-state index in [1.165, 1.54) is 0 Å². The first-order valence-electron chi connectivity index (χ1n) is 4.39. The van der Waals surface area contributed by atoms with Crippen molar-refractivity contribution in [3.63, 3.8) is 0 Å². The third kappa shape index (κ3) is 3.31. The van der Waals surface area contributed by atoms with Gasteiger partial charge in [-0.15, -0.1) is 0 Å². The van der Waals surface area contributed by atoms with Crippen molar-refractivity contribution < 1.29 is 9.11 Å². The molecular weight excluding hydrogens is 174 g/mol. The largest absolute Gasteiger partial charge is 0.300 e. The predicted molar refractivity (Wildman–Crippen MR) is 53.6 cm³/mol. The Balaban J connectivity index is 2.18. The SMILES string of the molecule is [CH2]CCCN1CCS(O)(O)CC1. The minimum atomic E-state index is -2.20. The molecule has 0 saturated carbocycles. The fraction of sp³-hybridized carbons (Fsp3) is 0.875. The molecule has 0 aliphatic carbocycles. The molecule has 4 heteroatoms. The second-order valence-corrected chi connectivity index (χ2v) is 5.68. The average molecular weight is 192 g/mol. The molecule has 1 rings (SSSR count). The lowest BCUT2D eigenvalue weighted by atomic mass is 10.3. The van der Waals surface area contributed by atoms with Crippen LogP contribution in [-0.2, 0) is 0 Å². The molecule has 0 amide bonds. The summed E-state index contributed by atoms with van der Waals surface area (Å²) in [6, 6.07) is 0. The lowest BCUT2D eigenvalue weighted by molar-refractivity contribution is 0.283. The molecule has 1 heterocycles. The van der Waals surface area contributed by atoms with E-state index in [-0.39, 0.29) is 0 Å². The molecule has 73 valence electrons. The lowest BCUT2D eigenvalue weighted by Gasteiger charge is -2.40. The number of rotatable bonds is 3. The molecule has 0 aromatic heterocycles. The second-order valence-electron chi connectivity index (χ2n) is 3.26. The monoisotopic (exact) mass is 192 g/mol. The molecule has 0 aromatic rings. The smallest absolute Gasteiger partial charge is 0.0502 e. The quantitative estimate of drug-likeness (QED) is 0.715. The van der Waals surface area contributed by atoms with Crippen LogP contribution in [0.4, 0.5) is 0 Å². The fourth-order valence-electron chi connectivity index (χ4n) is 1.32. The van der Waals surface area contributed by atoms with E-state index < -0.39 is 10.6 Å². The Kier molecular flexibility index (Phi) is 3.83. The number of hydrogen-bond acceptors (Lipinski definition) is 3. The molecule has 0 spiro atoms. The summed E-state index contributed by atoms with van der Waals surface area (Å²) in [7, 11) is -2.20. The lowest BCUT2D eigenvalue weighted by Crippen LogP contribution is -2.38. The summed E-state index contributed by atoms with van der Waals surface area (Å²) in [5.74, 6) is 1.12. The zero-order valence-electron chi connectivity index (χ0n) is 7.41. The predicted octanol–water partition coefficient (Wildman–Crippen LogP) is 1.67. The van der Waals surface area contributed by atoms with E-state index in [0.29, 0.717) is 11.5 Å². The van der Waals surface area contributed by atoms with E-state index in [1.807, 2.05) is 0 Å². The van der Waals surface area contributed by atoms with Crippen LogP contribution in [0.15, 0.2) is 0 Å². The van der Waals surface area contributed by atoms with Crippen LogP contribution in [0.2, 0.25) is 0 Å². The zero-order valence-corrected chi connectivity index (χ0v) is 8.22. The molecule has 3 nitrogen and oxygen atoms in total. The summed E-state index contributed by atoms with van der Waals surface area (Å²) in [6.45, 7) is 6.50. The minimum Gasteiger partial charge on any atom is -0.300 e. The highest BCUT2D eigenvalue weighted by molar-refractivity contribution is 8.24. The Morgan fingerprint density at radius 3 is 2.33 bits per heavy atom. The van der Waals surface area contributed by atoms with Crippen LogP contribution in [0, 0.1) is 6.92 Å². The standard InChI is InChI=1S/C8H18NO2S/c1-2-3-4-9-5-7-12(10,11)8-6-9/h10-11H,1-8H2. The zero-order chi connectivity index (χ0) is 9.03. The van der Waals surface area contributed by atoms with E-state index in [0.717, 1.165) is 32.5 Å². The van der Waals surface area contributed by atoms with Gasteiger partial charge in [-0.2, -0.15) is 10.6 Å². The van der Waals surface area contributed by atoms with Gasteiger partial charge in [0.15, 0.2) is 0 Å². The van der Waals surface area contributed by atoms with E-state index in [9.17, 15) is 9.11 Å². The van der Waals surface area contributed by atoms with Gasteiger partial charge in [-0.1, -0.05) is 13.3 Å². The van der Waals surface area contributed by atoms with E-state index >= 15 is 0 Å². The van der Waals surface area contributed by atoms with Crippen molar-refractivity contribution >= 4 is 10.6 Å². The highest BCUT2D eigenvalue weighted by Gasteiger charge is 2.21. The summed E-state index contributed by atoms with van der Waals surface area (Å²) in [5, 5.41) is 0. The van der Waals surface area contributed by atoms with Crippen LogP contribution in [0.3, 0.4) is 0 Å². The van der Waals surface area contributed by atoms with Crippen LogP contribution in [0.25, 0.3) is 0 Å². The van der Waals surface area contributed by atoms with Crippen molar-refractivity contribution in [2.24, 2.45) is 0 Å². The normalized spacial score (nSPS) is 26.9. The van der Waals surface area contributed by atoms with Crippen molar-refractivity contribution in [1.82, 2.24) is 4.90 Å². The average Bonchev–Trinajstić information content (AvgIpc) is 2.03. The maximum absolute atomic E-state index is 9.32. The summed E-state index contributed by atoms with van der Waals surface area (Å²) in [4.78, 5) is 2.28. The maximum atomic E-state index is 9.32. The van der Waals surface area contributed by atoms with Gasteiger partial charge >= 0.3 is 0 Å². The first-order valence-corrected chi connectivity index (χ1v) is 6.28. The molecule has 0 unspecified atom stereocenters. The number of hydrogen-bond donors (Lipinski definition) is 2. The van der Waals surface area contributed by atoms with Gasteiger partial charge in [0.1, 0.15) is 0 Å². The van der Waals surface area contributed by atoms with Gasteiger partial charge in [-0.3, -0.25) is 9.11 Å². The molecule has 0 bridgehead atoms. The van der Waals surface area contributed by atoms with Gasteiger partial charge in [-0.25, -0.2) is 0 Å². The van der Waals surface area contributed by atoms with E-state index in [4.69, 9.17) is 0 Å². The Morgan fingerprint density at radius 1 is 1.25 bits per heavy atom. The van der Waals surface area contributed by atoms with Gasteiger partial charge in [0.2, 0.25) is 0 Å². The van der Waals surface area contributed by atoms with Gasteiger partial charge in [-0.05, 0) is 13.0 Å². The van der Waals surface area contributed by atoms with E-state index in [2.05, 4.69) is 11.8 Å². The molecule has 1 aliphatic heterocycles. The first kappa shape index (κ1) is 10.3. The summed E-state index contributed by atoms with van der Waals surface area (Å²) < 4.78 is 18.6. The van der Waals surface area contributed by atoms with Gasteiger partial charge in [0.05, 0.1) is 11.5 Å². The Hall–Kier alpha value is 0.230. The number of nitrogens with zero attached hydrogens (tertiary/aromatic N) is 1. The van der Waals surface area contributed by atoms with Gasteiger partial charge < -0.3 is 4.90 Å². The number of unbranched alkanes of at least 4 members (excludes halogenated alkanes) is 1. The first-order chi connectivity index (χ1) is 5.64. The topological polar surface area (TPSA) is 43.7 Å². The van der Waals surface area contributed by atoms with Crippen LogP contribution in [0.1, 0.15) is 12.8 Å². The van der Waals surface area contributed by atoms with Crippen molar-refractivity contribution in [2.45, 2.75) is 12.8 Å². The Labute approximate surface area is 76.1 Å². The minimum absolute atomic E-state index is 0.560. The molecule has 1 saturated heterocycles. The van der Waals surface area contributed by atoms with Crippen LogP contribution >= 0.6 is 10.6 Å². The third-order valence-corrected chi connectivity index (χ3v) is 3.87. The summed E-state index contributed by atoms with van der Waals surface area (Å²) in [6.07, 6.45) is 2.08. The Bertz CT molecular complexity index is 131. The van der Waals surface area contributed by atoms with Crippen molar-refractivity contribution in [2.75, 3.05) is 31.1 Å². The molecular formula is C8H18NO2S. The molecule has 0 aromatic carbocycles. The van der Waals surface area contributed by atoms with Crippen LogP contribution < -0.4 is 0 Å². The van der Waals surface area contributed by atoms with Crippen molar-refractivity contribution in [1.29, 1.82) is 0 Å². The fourth-order valence-corrected chi connectivity index (χ4v) is 2.63. The highest BCUT2D eigenvalue weighted by atomic mass is 32.3. The molecule has 12 heavy (non-hydrogen) atoms. The van der Waals surface area contributed by atoms with Crippen LogP contribution in [-0.4, -0.2) is 45.1 Å². The third-order valence-electron chi connectivity index (χ3n) is 2.19. The van der Waals surface area contributed by atoms with Gasteiger partial charge in [0.25, 0.3) is 0 Å². The highest BCUT2D eigenvalue weighted by Crippen LogP contribution is 2.40. The second kappa shape index (κ2) is 4.46. The van der Waals surface area contributed by atoms with E-state index in [1.54, 1.807) is 0 Å². The van der Waals surface area contributed by atoms with Gasteiger partial charge in [0, 0.05) is 13.1 Å². The van der Waals surface area contributed by atoms with Crippen LogP contribution in [0.5, 0.6) is 0 Å². The molecule has 1 fully saturated rings. The molecule has 2 N–H and O–H groups in total. The summed E-state index contributed by atoms with van der Waals surface area (Å²) >= 11 is 0. The molecule has 1 aliphatic rings. The maximum Gasteiger partial charge on any atom is 0.0502 e. The van der Waals surface area contributed by atoms with Crippen molar-refractivity contribution in [3.05, 3.63) is 6.92 Å². The molecule has 0 atom stereocenters. The summed E-state index contributed by atoms with van der Waals surface area (Å²) in [5.41, 5.74) is 0. The van der Waals surface area contributed by atoms with Crippen molar-refractivity contribution in [3.8, 4) is 0 Å². The Morgan fingerprint density at radius 2 is 1.83 bits per heavy atom.